The second-order valence-corrected chi connectivity index (χ2v) is 5.68. The van der Waals surface area contributed by atoms with Crippen LogP contribution in [0.1, 0.15) is 22.9 Å². The number of aromatic nitrogens is 2. The Morgan fingerprint density at radius 1 is 1.24 bits per heavy atom. The smallest absolute Gasteiger partial charge is 0.225 e. The minimum Gasteiger partial charge on any atom is -0.390 e. The van der Waals surface area contributed by atoms with Gasteiger partial charge in [-0.1, -0.05) is 24.3 Å². The van der Waals surface area contributed by atoms with Crippen molar-refractivity contribution in [1.29, 1.82) is 0 Å². The molecule has 0 aliphatic heterocycles. The van der Waals surface area contributed by atoms with Gasteiger partial charge in [0.1, 0.15) is 5.82 Å². The molecule has 0 fully saturated rings. The highest BCUT2D eigenvalue weighted by molar-refractivity contribution is 5.47. The van der Waals surface area contributed by atoms with E-state index in [1.54, 1.807) is 0 Å². The first kappa shape index (κ1) is 13.8. The maximum atomic E-state index is 10.3. The molecule has 1 aliphatic carbocycles. The molecule has 3 rings (SSSR count). The number of anilines is 2. The molecule has 1 aromatic heterocycles. The fourth-order valence-corrected chi connectivity index (χ4v) is 2.73. The van der Waals surface area contributed by atoms with Gasteiger partial charge in [-0.2, -0.15) is 4.98 Å². The Kier molecular flexibility index (Phi) is 3.51. The lowest BCUT2D eigenvalue weighted by Gasteiger charge is -2.19. The normalized spacial score (nSPS) is 20.2. The Balaban J connectivity index is 1.90. The number of rotatable bonds is 3. The van der Waals surface area contributed by atoms with Crippen molar-refractivity contribution in [2.75, 3.05) is 24.3 Å². The summed E-state index contributed by atoms with van der Waals surface area (Å²) in [7, 11) is 3.90. The van der Waals surface area contributed by atoms with Crippen molar-refractivity contribution in [1.82, 2.24) is 9.97 Å². The van der Waals surface area contributed by atoms with E-state index < -0.39 is 6.10 Å². The summed E-state index contributed by atoms with van der Waals surface area (Å²) in [5.74, 6) is 1.41. The Bertz CT molecular complexity index is 656. The molecule has 5 nitrogen and oxygen atoms in total. The molecule has 0 radical (unpaired) electrons. The molecule has 110 valence electrons. The molecule has 0 spiro atoms. The van der Waals surface area contributed by atoms with Gasteiger partial charge in [-0.3, -0.25) is 0 Å². The number of nitrogens with zero attached hydrogens (tertiary/aromatic N) is 3. The lowest BCUT2D eigenvalue weighted by molar-refractivity contribution is 0.165. The maximum Gasteiger partial charge on any atom is 0.225 e. The second-order valence-electron chi connectivity index (χ2n) is 5.68. The van der Waals surface area contributed by atoms with Crippen LogP contribution in [-0.2, 0) is 6.42 Å². The molecular formula is C16H20N4O. The van der Waals surface area contributed by atoms with Gasteiger partial charge in [-0.05, 0) is 18.1 Å². The van der Waals surface area contributed by atoms with Gasteiger partial charge >= 0.3 is 0 Å². The summed E-state index contributed by atoms with van der Waals surface area (Å²) in [6.45, 7) is 1.94. The monoisotopic (exact) mass is 284 g/mol. The minimum atomic E-state index is -0.450. The van der Waals surface area contributed by atoms with Crippen molar-refractivity contribution in [3.63, 3.8) is 0 Å². The van der Waals surface area contributed by atoms with E-state index in [4.69, 9.17) is 0 Å². The molecule has 0 unspecified atom stereocenters. The number of benzene rings is 1. The standard InChI is InChI=1S/C16H20N4O/c1-10-8-14(20(2)3)18-16(17-10)19-15-12-7-5-4-6-11(12)9-13(15)21/h4-8,13,15,21H,9H2,1-3H3,(H,17,18,19)/t13-,15+/m0/s1. The summed E-state index contributed by atoms with van der Waals surface area (Å²) < 4.78 is 0. The zero-order valence-electron chi connectivity index (χ0n) is 12.5. The summed E-state index contributed by atoms with van der Waals surface area (Å²) in [4.78, 5) is 10.9. The van der Waals surface area contributed by atoms with E-state index in [-0.39, 0.29) is 6.04 Å². The fraction of sp³-hybridized carbons (Fsp3) is 0.375. The lowest BCUT2D eigenvalue weighted by Crippen LogP contribution is -2.23. The molecule has 0 saturated heterocycles. The molecule has 2 aromatic rings. The van der Waals surface area contributed by atoms with Crippen LogP contribution in [0.25, 0.3) is 0 Å². The summed E-state index contributed by atoms with van der Waals surface area (Å²) >= 11 is 0. The first-order valence-corrected chi connectivity index (χ1v) is 7.10. The van der Waals surface area contributed by atoms with Crippen LogP contribution in [0.3, 0.4) is 0 Å². The molecule has 5 heteroatoms. The van der Waals surface area contributed by atoms with E-state index in [0.29, 0.717) is 12.4 Å². The van der Waals surface area contributed by atoms with Gasteiger partial charge in [-0.15, -0.1) is 0 Å². The highest BCUT2D eigenvalue weighted by Crippen LogP contribution is 2.33. The zero-order chi connectivity index (χ0) is 15.0. The van der Waals surface area contributed by atoms with Gasteiger partial charge in [-0.25, -0.2) is 4.98 Å². The molecule has 1 aromatic carbocycles. The van der Waals surface area contributed by atoms with Crippen molar-refractivity contribution >= 4 is 11.8 Å². The average molecular weight is 284 g/mol. The van der Waals surface area contributed by atoms with Crippen molar-refractivity contribution in [2.24, 2.45) is 0 Å². The van der Waals surface area contributed by atoms with E-state index in [0.717, 1.165) is 17.1 Å². The summed E-state index contributed by atoms with van der Waals surface area (Å²) in [5, 5.41) is 13.6. The third-order valence-electron chi connectivity index (χ3n) is 3.79. The number of hydrogen-bond acceptors (Lipinski definition) is 5. The summed E-state index contributed by atoms with van der Waals surface area (Å²) in [6.07, 6.45) is 0.217. The molecule has 2 atom stereocenters. The summed E-state index contributed by atoms with van der Waals surface area (Å²) in [6, 6.07) is 9.88. The predicted octanol–water partition coefficient (Wildman–Crippen LogP) is 1.92. The van der Waals surface area contributed by atoms with Gasteiger partial charge in [0.2, 0.25) is 5.95 Å². The largest absolute Gasteiger partial charge is 0.390 e. The van der Waals surface area contributed by atoms with E-state index in [9.17, 15) is 5.11 Å². The molecule has 0 bridgehead atoms. The molecule has 1 aliphatic rings. The Hall–Kier alpha value is -2.14. The molecule has 21 heavy (non-hydrogen) atoms. The van der Waals surface area contributed by atoms with Crippen LogP contribution in [0.4, 0.5) is 11.8 Å². The SMILES string of the molecule is Cc1cc(N(C)C)nc(N[C@@H]2c3ccccc3C[C@@H]2O)n1. The van der Waals surface area contributed by atoms with Crippen molar-refractivity contribution in [3.8, 4) is 0 Å². The van der Waals surface area contributed by atoms with Crippen LogP contribution >= 0.6 is 0 Å². The third kappa shape index (κ3) is 2.69. The van der Waals surface area contributed by atoms with Crippen LogP contribution in [-0.4, -0.2) is 35.3 Å². The van der Waals surface area contributed by atoms with E-state index in [1.807, 2.05) is 50.2 Å². The van der Waals surface area contributed by atoms with Crippen molar-refractivity contribution < 1.29 is 5.11 Å². The minimum absolute atomic E-state index is 0.155. The highest BCUT2D eigenvalue weighted by Gasteiger charge is 2.31. The van der Waals surface area contributed by atoms with Crippen molar-refractivity contribution in [2.45, 2.75) is 25.5 Å². The summed E-state index contributed by atoms with van der Waals surface area (Å²) in [5.41, 5.74) is 3.21. The predicted molar refractivity (Wildman–Crippen MR) is 83.6 cm³/mol. The van der Waals surface area contributed by atoms with Crippen molar-refractivity contribution in [3.05, 3.63) is 47.2 Å². The number of aliphatic hydroxyl groups is 1. The average Bonchev–Trinajstić information content (AvgIpc) is 2.75. The Morgan fingerprint density at radius 3 is 2.76 bits per heavy atom. The van der Waals surface area contributed by atoms with Gasteiger partial charge in [0.05, 0.1) is 12.1 Å². The molecule has 0 saturated carbocycles. The Morgan fingerprint density at radius 2 is 2.00 bits per heavy atom. The first-order chi connectivity index (χ1) is 10.0. The first-order valence-electron chi connectivity index (χ1n) is 7.10. The van der Waals surface area contributed by atoms with Crippen LogP contribution in [0, 0.1) is 6.92 Å². The topological polar surface area (TPSA) is 61.3 Å². The van der Waals surface area contributed by atoms with Crippen LogP contribution in [0.5, 0.6) is 0 Å². The molecule has 0 amide bonds. The number of aliphatic hydroxyl groups excluding tert-OH is 1. The van der Waals surface area contributed by atoms with Crippen LogP contribution < -0.4 is 10.2 Å². The van der Waals surface area contributed by atoms with Crippen LogP contribution in [0.2, 0.25) is 0 Å². The maximum absolute atomic E-state index is 10.3. The second kappa shape index (κ2) is 5.33. The molecule has 2 N–H and O–H groups in total. The fourth-order valence-electron chi connectivity index (χ4n) is 2.73. The molecule has 1 heterocycles. The van der Waals surface area contributed by atoms with E-state index in [2.05, 4.69) is 21.4 Å². The van der Waals surface area contributed by atoms with Gasteiger partial charge in [0.25, 0.3) is 0 Å². The third-order valence-corrected chi connectivity index (χ3v) is 3.79. The lowest BCUT2D eigenvalue weighted by atomic mass is 10.1. The van der Waals surface area contributed by atoms with E-state index in [1.165, 1.54) is 5.56 Å². The van der Waals surface area contributed by atoms with Crippen LogP contribution in [0.15, 0.2) is 30.3 Å². The molecular weight excluding hydrogens is 264 g/mol. The number of fused-ring (bicyclic) bond motifs is 1. The number of nitrogens with one attached hydrogen (secondary N) is 1. The Labute approximate surface area is 124 Å². The van der Waals surface area contributed by atoms with E-state index >= 15 is 0 Å². The number of aryl methyl sites for hydroxylation is 1. The van der Waals surface area contributed by atoms with Gasteiger partial charge in [0, 0.05) is 32.3 Å². The van der Waals surface area contributed by atoms with Gasteiger partial charge < -0.3 is 15.3 Å². The quantitative estimate of drug-likeness (QED) is 0.901. The number of hydrogen-bond donors (Lipinski definition) is 2. The van der Waals surface area contributed by atoms with Gasteiger partial charge in [0.15, 0.2) is 0 Å². The highest BCUT2D eigenvalue weighted by atomic mass is 16.3. The zero-order valence-corrected chi connectivity index (χ0v) is 12.5.